The highest BCUT2D eigenvalue weighted by Gasteiger charge is 2.35. The summed E-state index contributed by atoms with van der Waals surface area (Å²) in [6.07, 6.45) is 5.50. The number of para-hydroxylation sites is 1. The number of ether oxygens (including phenoxy) is 2. The lowest BCUT2D eigenvalue weighted by molar-refractivity contribution is 0.00458. The van der Waals surface area contributed by atoms with Gasteiger partial charge in [0, 0.05) is 23.9 Å². The van der Waals surface area contributed by atoms with Gasteiger partial charge in [0.15, 0.2) is 0 Å². The second-order valence-corrected chi connectivity index (χ2v) is 10.8. The van der Waals surface area contributed by atoms with E-state index in [9.17, 15) is 4.21 Å². The average Bonchev–Trinajstić information content (AvgIpc) is 3.29. The molecule has 5 nitrogen and oxygen atoms in total. The number of thiol groups is 1. The highest BCUT2D eigenvalue weighted by Crippen LogP contribution is 2.33. The summed E-state index contributed by atoms with van der Waals surface area (Å²) in [6.45, 7) is 4.10. The minimum absolute atomic E-state index is 0.239. The van der Waals surface area contributed by atoms with Crippen LogP contribution in [0.5, 0.6) is 5.75 Å². The summed E-state index contributed by atoms with van der Waals surface area (Å²) in [7, 11) is -1.14. The fourth-order valence-corrected chi connectivity index (χ4v) is 6.69. The maximum absolute atomic E-state index is 12.2. The van der Waals surface area contributed by atoms with Crippen molar-refractivity contribution in [2.24, 2.45) is 0 Å². The van der Waals surface area contributed by atoms with E-state index in [4.69, 9.17) is 14.5 Å². The molecule has 174 valence electrons. The van der Waals surface area contributed by atoms with Gasteiger partial charge in [0.1, 0.15) is 29.1 Å². The topological polar surface area (TPSA) is 51.7 Å². The van der Waals surface area contributed by atoms with Crippen molar-refractivity contribution in [1.82, 2.24) is 9.29 Å². The molecule has 33 heavy (non-hydrogen) atoms. The Labute approximate surface area is 198 Å². The monoisotopic (exact) mass is 465 g/mol. The first-order valence-corrected chi connectivity index (χ1v) is 13.5. The molecule has 2 aliphatic rings. The van der Waals surface area contributed by atoms with Crippen molar-refractivity contribution >= 4 is 21.9 Å². The normalized spacial score (nSPS) is 23.7. The fourth-order valence-electron chi connectivity index (χ4n) is 5.06. The third kappa shape index (κ3) is 5.13. The highest BCUT2D eigenvalue weighted by molar-refractivity contribution is 7.82. The molecule has 1 unspecified atom stereocenters. The number of pyridine rings is 1. The Morgan fingerprint density at radius 3 is 2.52 bits per heavy atom. The summed E-state index contributed by atoms with van der Waals surface area (Å²) in [5.41, 5.74) is 4.08. The summed E-state index contributed by atoms with van der Waals surface area (Å²) in [4.78, 5) is 4.91. The molecule has 0 bridgehead atoms. The number of benzene rings is 2. The molecule has 6 heteroatoms. The van der Waals surface area contributed by atoms with Crippen molar-refractivity contribution < 1.29 is 13.7 Å². The first-order valence-electron chi connectivity index (χ1n) is 12.1. The van der Waals surface area contributed by atoms with E-state index in [0.29, 0.717) is 19.3 Å². The van der Waals surface area contributed by atoms with E-state index in [1.807, 2.05) is 36.4 Å². The van der Waals surface area contributed by atoms with Crippen LogP contribution in [-0.2, 0) is 33.1 Å². The summed E-state index contributed by atoms with van der Waals surface area (Å²) < 4.78 is 27.1. The average molecular weight is 466 g/mol. The van der Waals surface area contributed by atoms with Gasteiger partial charge in [0.25, 0.3) is 0 Å². The first-order chi connectivity index (χ1) is 16.2. The molecule has 3 aromatic rings. The third-order valence-electron chi connectivity index (χ3n) is 6.95. The van der Waals surface area contributed by atoms with Crippen LogP contribution in [0.4, 0.5) is 0 Å². The first kappa shape index (κ1) is 22.5. The SMILES string of the molecule is Cc1c(COC2CCC(N3CCC[SH+]3=O)CC2)nc2ccccc2c1OCc1ccccc1. The third-order valence-corrected chi connectivity index (χ3v) is 8.75. The van der Waals surface area contributed by atoms with Crippen LogP contribution in [0.25, 0.3) is 10.9 Å². The molecule has 0 spiro atoms. The molecule has 1 saturated heterocycles. The van der Waals surface area contributed by atoms with Crippen LogP contribution >= 0.6 is 0 Å². The molecule has 5 rings (SSSR count). The van der Waals surface area contributed by atoms with Gasteiger partial charge in [-0.15, -0.1) is 4.31 Å². The quantitative estimate of drug-likeness (QED) is 0.352. The molecule has 1 aliphatic heterocycles. The Kier molecular flexibility index (Phi) is 7.04. The van der Waals surface area contributed by atoms with E-state index in [2.05, 4.69) is 29.4 Å². The van der Waals surface area contributed by atoms with E-state index < -0.39 is 11.0 Å². The van der Waals surface area contributed by atoms with E-state index in [1.165, 1.54) is 0 Å². The molecule has 1 aromatic heterocycles. The zero-order chi connectivity index (χ0) is 22.6. The van der Waals surface area contributed by atoms with E-state index >= 15 is 0 Å². The van der Waals surface area contributed by atoms with Crippen molar-refractivity contribution in [2.75, 3.05) is 12.3 Å². The van der Waals surface area contributed by atoms with E-state index in [-0.39, 0.29) is 6.10 Å². The van der Waals surface area contributed by atoms with Gasteiger partial charge in [-0.3, -0.25) is 0 Å². The van der Waals surface area contributed by atoms with Crippen LogP contribution < -0.4 is 4.74 Å². The Balaban J connectivity index is 1.26. The lowest BCUT2D eigenvalue weighted by Crippen LogP contribution is -2.38. The Bertz CT molecular complexity index is 1110. The lowest BCUT2D eigenvalue weighted by atomic mass is 9.93. The summed E-state index contributed by atoms with van der Waals surface area (Å²) >= 11 is 0. The Morgan fingerprint density at radius 2 is 1.76 bits per heavy atom. The number of nitrogens with zero attached hydrogens (tertiary/aromatic N) is 2. The van der Waals surface area contributed by atoms with Gasteiger partial charge in [-0.1, -0.05) is 46.7 Å². The molecule has 1 aliphatic carbocycles. The minimum Gasteiger partial charge on any atom is -0.488 e. The van der Waals surface area contributed by atoms with Crippen LogP contribution in [0.3, 0.4) is 0 Å². The predicted octanol–water partition coefficient (Wildman–Crippen LogP) is 5.27. The van der Waals surface area contributed by atoms with Crippen LogP contribution in [0.15, 0.2) is 54.6 Å². The Morgan fingerprint density at radius 1 is 1.00 bits per heavy atom. The molecule has 0 N–H and O–H groups in total. The van der Waals surface area contributed by atoms with E-state index in [1.54, 1.807) is 0 Å². The molecule has 0 radical (unpaired) electrons. The van der Waals surface area contributed by atoms with Crippen LogP contribution in [-0.4, -0.2) is 33.7 Å². The van der Waals surface area contributed by atoms with Gasteiger partial charge < -0.3 is 9.47 Å². The van der Waals surface area contributed by atoms with Crippen molar-refractivity contribution in [3.05, 3.63) is 71.4 Å². The summed E-state index contributed by atoms with van der Waals surface area (Å²) in [5, 5.41) is 1.04. The highest BCUT2D eigenvalue weighted by atomic mass is 32.2. The molecular formula is C27H33N2O3S+. The zero-order valence-corrected chi connectivity index (χ0v) is 20.2. The standard InChI is InChI=1S/C27H32N2O3S/c1-20-26(19-31-23-14-12-22(13-15-23)29-16-7-17-33(29)30)28-25-11-6-5-10-24(25)27(20)32-18-21-8-3-2-4-9-21/h2-6,8-11,22-23H,7,12-19H2,1H3/p+1. The van der Waals surface area contributed by atoms with Crippen molar-refractivity contribution in [1.29, 1.82) is 0 Å². The number of rotatable bonds is 7. The predicted molar refractivity (Wildman–Crippen MR) is 134 cm³/mol. The molecule has 1 atom stereocenters. The number of fused-ring (bicyclic) bond motifs is 1. The molecule has 2 aromatic carbocycles. The van der Waals surface area contributed by atoms with E-state index in [0.717, 1.165) is 77.9 Å². The molecular weight excluding hydrogens is 432 g/mol. The van der Waals surface area contributed by atoms with Crippen molar-refractivity contribution in [3.63, 3.8) is 0 Å². The molecule has 0 amide bonds. The number of aromatic nitrogens is 1. The molecule has 1 saturated carbocycles. The molecule has 2 fully saturated rings. The molecule has 2 heterocycles. The zero-order valence-electron chi connectivity index (χ0n) is 19.3. The Hall–Kier alpha value is -2.28. The smallest absolute Gasteiger partial charge is 0.145 e. The van der Waals surface area contributed by atoms with Gasteiger partial charge in [0.2, 0.25) is 0 Å². The maximum Gasteiger partial charge on any atom is 0.145 e. The second-order valence-electron chi connectivity index (χ2n) is 9.14. The van der Waals surface area contributed by atoms with Gasteiger partial charge in [-0.25, -0.2) is 4.98 Å². The van der Waals surface area contributed by atoms with Crippen LogP contribution in [0.1, 0.15) is 48.9 Å². The number of hydrogen-bond donors (Lipinski definition) is 0. The fraction of sp³-hybridized carbons (Fsp3) is 0.444. The number of hydrogen-bond acceptors (Lipinski definition) is 4. The van der Waals surface area contributed by atoms with Gasteiger partial charge >= 0.3 is 0 Å². The van der Waals surface area contributed by atoms with Crippen LogP contribution in [0, 0.1) is 6.92 Å². The van der Waals surface area contributed by atoms with Crippen molar-refractivity contribution in [2.45, 2.75) is 64.4 Å². The summed E-state index contributed by atoms with van der Waals surface area (Å²) in [6, 6.07) is 18.9. The van der Waals surface area contributed by atoms with Crippen LogP contribution in [0.2, 0.25) is 0 Å². The van der Waals surface area contributed by atoms with Gasteiger partial charge in [-0.05, 0) is 50.3 Å². The second kappa shape index (κ2) is 10.3. The minimum atomic E-state index is -1.14. The summed E-state index contributed by atoms with van der Waals surface area (Å²) in [5.74, 6) is 1.76. The lowest BCUT2D eigenvalue weighted by Gasteiger charge is -2.31. The largest absolute Gasteiger partial charge is 0.488 e. The van der Waals surface area contributed by atoms with Crippen molar-refractivity contribution in [3.8, 4) is 5.75 Å². The van der Waals surface area contributed by atoms with Gasteiger partial charge in [-0.2, -0.15) is 0 Å². The van der Waals surface area contributed by atoms with Gasteiger partial charge in [0.05, 0.1) is 30.0 Å². The maximum atomic E-state index is 12.2.